The topological polar surface area (TPSA) is 63.3 Å². The highest BCUT2D eigenvalue weighted by Crippen LogP contribution is 2.16. The van der Waals surface area contributed by atoms with Crippen molar-refractivity contribution in [2.75, 3.05) is 0 Å². The summed E-state index contributed by atoms with van der Waals surface area (Å²) in [5.74, 6) is 0.0976. The number of Topliss-reactive ketones (excluding diaryl/α,β-unsaturated/α-hetero) is 1. The monoisotopic (exact) mass is 241 g/mol. The number of nitrogens with two attached hydrogens (primary N) is 1. The van der Waals surface area contributed by atoms with E-state index < -0.39 is 6.04 Å². The first-order valence-corrected chi connectivity index (χ1v) is 5.78. The number of aromatic hydroxyl groups is 1. The van der Waals surface area contributed by atoms with Crippen molar-refractivity contribution in [2.24, 2.45) is 5.73 Å². The Balaban J connectivity index is 2.09. The molecule has 3 heteroatoms. The summed E-state index contributed by atoms with van der Waals surface area (Å²) in [7, 11) is 0. The standard InChI is InChI=1S/C15H15NO2/c16-15(12-6-2-1-3-7-12)14(18)10-11-5-4-8-13(17)9-11/h1-9,15,17H,10,16H2. The lowest BCUT2D eigenvalue weighted by Crippen LogP contribution is -2.23. The Kier molecular flexibility index (Phi) is 3.75. The Bertz CT molecular complexity index is 537. The molecule has 0 amide bonds. The van der Waals surface area contributed by atoms with E-state index in [2.05, 4.69) is 0 Å². The Morgan fingerprint density at radius 2 is 1.83 bits per heavy atom. The zero-order chi connectivity index (χ0) is 13.0. The molecule has 0 radical (unpaired) electrons. The van der Waals surface area contributed by atoms with Crippen LogP contribution in [0.2, 0.25) is 0 Å². The predicted molar refractivity (Wildman–Crippen MR) is 70.2 cm³/mol. The largest absolute Gasteiger partial charge is 0.508 e. The molecular weight excluding hydrogens is 226 g/mol. The van der Waals surface area contributed by atoms with Crippen LogP contribution in [0.1, 0.15) is 17.2 Å². The molecule has 3 nitrogen and oxygen atoms in total. The number of carbonyl (C=O) groups is 1. The molecule has 18 heavy (non-hydrogen) atoms. The van der Waals surface area contributed by atoms with Gasteiger partial charge in [-0.1, -0.05) is 42.5 Å². The first-order chi connectivity index (χ1) is 8.66. The lowest BCUT2D eigenvalue weighted by Gasteiger charge is -2.10. The van der Waals surface area contributed by atoms with Crippen LogP contribution in [0.3, 0.4) is 0 Å². The third-order valence-electron chi connectivity index (χ3n) is 2.79. The van der Waals surface area contributed by atoms with Crippen molar-refractivity contribution in [3.05, 3.63) is 65.7 Å². The number of ketones is 1. The highest BCUT2D eigenvalue weighted by Gasteiger charge is 2.15. The van der Waals surface area contributed by atoms with Gasteiger partial charge in [-0.3, -0.25) is 4.79 Å². The Morgan fingerprint density at radius 1 is 1.11 bits per heavy atom. The number of rotatable bonds is 4. The zero-order valence-corrected chi connectivity index (χ0v) is 9.91. The van der Waals surface area contributed by atoms with Crippen molar-refractivity contribution in [3.8, 4) is 5.75 Å². The van der Waals surface area contributed by atoms with Crippen LogP contribution < -0.4 is 5.73 Å². The van der Waals surface area contributed by atoms with Crippen LogP contribution in [0.25, 0.3) is 0 Å². The molecule has 0 heterocycles. The van der Waals surface area contributed by atoms with E-state index in [0.29, 0.717) is 0 Å². The second-order valence-corrected chi connectivity index (χ2v) is 4.20. The molecule has 0 spiro atoms. The van der Waals surface area contributed by atoms with Crippen molar-refractivity contribution >= 4 is 5.78 Å². The van der Waals surface area contributed by atoms with Gasteiger partial charge in [0.05, 0.1) is 6.04 Å². The van der Waals surface area contributed by atoms with Crippen molar-refractivity contribution in [2.45, 2.75) is 12.5 Å². The van der Waals surface area contributed by atoms with Crippen LogP contribution in [0.5, 0.6) is 5.75 Å². The van der Waals surface area contributed by atoms with E-state index in [1.807, 2.05) is 30.3 Å². The van der Waals surface area contributed by atoms with Crippen molar-refractivity contribution in [1.82, 2.24) is 0 Å². The van der Waals surface area contributed by atoms with Gasteiger partial charge in [-0.15, -0.1) is 0 Å². The van der Waals surface area contributed by atoms with Crippen LogP contribution in [0, 0.1) is 0 Å². The number of hydrogen-bond donors (Lipinski definition) is 2. The molecule has 2 aromatic carbocycles. The quantitative estimate of drug-likeness (QED) is 0.862. The summed E-state index contributed by atoms with van der Waals surface area (Å²) in [6.07, 6.45) is 0.227. The molecule has 2 aromatic rings. The van der Waals surface area contributed by atoms with Gasteiger partial charge in [-0.2, -0.15) is 0 Å². The molecule has 0 saturated carbocycles. The Labute approximate surface area is 106 Å². The van der Waals surface area contributed by atoms with Crippen LogP contribution in [0.15, 0.2) is 54.6 Å². The van der Waals surface area contributed by atoms with Crippen LogP contribution in [-0.4, -0.2) is 10.9 Å². The average Bonchev–Trinajstić information content (AvgIpc) is 2.39. The zero-order valence-electron chi connectivity index (χ0n) is 9.91. The Hall–Kier alpha value is -2.13. The van der Waals surface area contributed by atoms with Gasteiger partial charge >= 0.3 is 0 Å². The highest BCUT2D eigenvalue weighted by atomic mass is 16.3. The minimum Gasteiger partial charge on any atom is -0.508 e. The SMILES string of the molecule is NC(C(=O)Cc1cccc(O)c1)c1ccccc1. The minimum absolute atomic E-state index is 0.0631. The first kappa shape index (κ1) is 12.3. The predicted octanol–water partition coefficient (Wildman–Crippen LogP) is 2.20. The van der Waals surface area contributed by atoms with Crippen LogP contribution >= 0.6 is 0 Å². The van der Waals surface area contributed by atoms with E-state index in [1.54, 1.807) is 24.3 Å². The summed E-state index contributed by atoms with van der Waals surface area (Å²) in [5, 5.41) is 9.34. The molecule has 0 saturated heterocycles. The summed E-state index contributed by atoms with van der Waals surface area (Å²) < 4.78 is 0. The molecule has 0 aliphatic heterocycles. The molecule has 92 valence electrons. The van der Waals surface area contributed by atoms with Crippen LogP contribution in [0.4, 0.5) is 0 Å². The summed E-state index contributed by atoms with van der Waals surface area (Å²) in [4.78, 5) is 12.0. The van der Waals surface area contributed by atoms with Gasteiger partial charge in [0.25, 0.3) is 0 Å². The maximum Gasteiger partial charge on any atom is 0.158 e. The molecular formula is C15H15NO2. The second kappa shape index (κ2) is 5.47. The average molecular weight is 241 g/mol. The van der Waals surface area contributed by atoms with Gasteiger partial charge in [-0.05, 0) is 23.3 Å². The fraction of sp³-hybridized carbons (Fsp3) is 0.133. The lowest BCUT2D eigenvalue weighted by molar-refractivity contribution is -0.119. The lowest BCUT2D eigenvalue weighted by atomic mass is 9.98. The molecule has 0 aliphatic rings. The van der Waals surface area contributed by atoms with E-state index in [9.17, 15) is 9.90 Å². The summed E-state index contributed by atoms with van der Waals surface area (Å²) in [5.41, 5.74) is 7.49. The van der Waals surface area contributed by atoms with E-state index in [0.717, 1.165) is 11.1 Å². The molecule has 1 atom stereocenters. The smallest absolute Gasteiger partial charge is 0.158 e. The number of phenolic OH excluding ortho intramolecular Hbond substituents is 1. The second-order valence-electron chi connectivity index (χ2n) is 4.20. The molecule has 0 aliphatic carbocycles. The third-order valence-corrected chi connectivity index (χ3v) is 2.79. The van der Waals surface area contributed by atoms with Crippen molar-refractivity contribution in [1.29, 1.82) is 0 Å². The summed E-state index contributed by atoms with van der Waals surface area (Å²) in [6, 6.07) is 15.3. The van der Waals surface area contributed by atoms with Crippen molar-refractivity contribution < 1.29 is 9.90 Å². The fourth-order valence-corrected chi connectivity index (χ4v) is 1.82. The van der Waals surface area contributed by atoms with E-state index in [4.69, 9.17) is 5.73 Å². The van der Waals surface area contributed by atoms with Gasteiger partial charge in [-0.25, -0.2) is 0 Å². The number of hydrogen-bond acceptors (Lipinski definition) is 3. The summed E-state index contributed by atoms with van der Waals surface area (Å²) in [6.45, 7) is 0. The maximum absolute atomic E-state index is 12.0. The normalized spacial score (nSPS) is 12.1. The van der Waals surface area contributed by atoms with E-state index in [1.165, 1.54) is 0 Å². The third kappa shape index (κ3) is 2.96. The van der Waals surface area contributed by atoms with Gasteiger partial charge in [0.2, 0.25) is 0 Å². The molecule has 0 aromatic heterocycles. The van der Waals surface area contributed by atoms with Crippen LogP contribution in [-0.2, 0) is 11.2 Å². The van der Waals surface area contributed by atoms with E-state index >= 15 is 0 Å². The summed E-state index contributed by atoms with van der Waals surface area (Å²) >= 11 is 0. The molecule has 2 rings (SSSR count). The first-order valence-electron chi connectivity index (χ1n) is 5.78. The highest BCUT2D eigenvalue weighted by molar-refractivity contribution is 5.87. The maximum atomic E-state index is 12.0. The number of carbonyl (C=O) groups excluding carboxylic acids is 1. The van der Waals surface area contributed by atoms with E-state index in [-0.39, 0.29) is 18.0 Å². The van der Waals surface area contributed by atoms with Gasteiger partial charge in [0.1, 0.15) is 5.75 Å². The number of benzene rings is 2. The molecule has 1 unspecified atom stereocenters. The van der Waals surface area contributed by atoms with Gasteiger partial charge in [0.15, 0.2) is 5.78 Å². The fourth-order valence-electron chi connectivity index (χ4n) is 1.82. The molecule has 0 bridgehead atoms. The van der Waals surface area contributed by atoms with Gasteiger partial charge in [0, 0.05) is 6.42 Å². The molecule has 0 fully saturated rings. The molecule has 3 N–H and O–H groups in total. The van der Waals surface area contributed by atoms with Gasteiger partial charge < -0.3 is 10.8 Å². The minimum atomic E-state index is -0.617. The van der Waals surface area contributed by atoms with Crippen molar-refractivity contribution in [3.63, 3.8) is 0 Å². The Morgan fingerprint density at radius 3 is 2.50 bits per heavy atom. The number of phenols is 1.